The van der Waals surface area contributed by atoms with Gasteiger partial charge in [-0.15, -0.1) is 0 Å². The predicted molar refractivity (Wildman–Crippen MR) is 157 cm³/mol. The van der Waals surface area contributed by atoms with E-state index in [9.17, 15) is 19.8 Å². The molecule has 1 aliphatic rings. The molecular formula is C33H40N2O7. The number of amides is 1. The van der Waals surface area contributed by atoms with Gasteiger partial charge in [0.25, 0.3) is 0 Å². The van der Waals surface area contributed by atoms with Crippen LogP contribution in [0.15, 0.2) is 78.9 Å². The van der Waals surface area contributed by atoms with Gasteiger partial charge in [-0.25, -0.2) is 0 Å². The summed E-state index contributed by atoms with van der Waals surface area (Å²) in [6, 6.07) is 24.8. The molecule has 0 bridgehead atoms. The van der Waals surface area contributed by atoms with Crippen LogP contribution in [0, 0.1) is 0 Å². The monoisotopic (exact) mass is 576 g/mol. The summed E-state index contributed by atoms with van der Waals surface area (Å²) in [5.41, 5.74) is 4.38. The Labute approximate surface area is 246 Å². The number of benzene rings is 3. The largest absolute Gasteiger partial charge is 0.481 e. The van der Waals surface area contributed by atoms with E-state index in [2.05, 4.69) is 10.2 Å². The van der Waals surface area contributed by atoms with Gasteiger partial charge in [-0.3, -0.25) is 14.5 Å². The zero-order valence-electron chi connectivity index (χ0n) is 24.1. The fraction of sp³-hybridized carbons (Fsp3) is 0.394. The number of likely N-dealkylation sites (N-methyl/N-ethyl adjacent to an activating group) is 1. The third-order valence-corrected chi connectivity index (χ3v) is 7.71. The zero-order valence-corrected chi connectivity index (χ0v) is 24.1. The summed E-state index contributed by atoms with van der Waals surface area (Å²) in [5.74, 6) is -1.31. The van der Waals surface area contributed by atoms with Crippen LogP contribution in [-0.2, 0) is 32.2 Å². The van der Waals surface area contributed by atoms with Crippen LogP contribution in [-0.4, -0.2) is 57.8 Å². The first-order chi connectivity index (χ1) is 20.2. The van der Waals surface area contributed by atoms with Crippen molar-refractivity contribution in [2.45, 2.75) is 70.0 Å². The van der Waals surface area contributed by atoms with Crippen LogP contribution in [0.4, 0.5) is 0 Å². The van der Waals surface area contributed by atoms with Gasteiger partial charge in [-0.05, 0) is 36.2 Å². The van der Waals surface area contributed by atoms with Crippen molar-refractivity contribution in [2.75, 3.05) is 13.6 Å². The minimum Gasteiger partial charge on any atom is -0.481 e. The van der Waals surface area contributed by atoms with Crippen molar-refractivity contribution < 1.29 is 34.4 Å². The van der Waals surface area contributed by atoms with Crippen molar-refractivity contribution in [3.05, 3.63) is 107 Å². The summed E-state index contributed by atoms with van der Waals surface area (Å²) in [4.78, 5) is 24.7. The fourth-order valence-corrected chi connectivity index (χ4v) is 4.99. The van der Waals surface area contributed by atoms with E-state index in [-0.39, 0.29) is 43.6 Å². The van der Waals surface area contributed by atoms with Crippen molar-refractivity contribution in [2.24, 2.45) is 0 Å². The van der Waals surface area contributed by atoms with E-state index in [1.54, 1.807) is 0 Å². The number of nitrogens with one attached hydrogen (secondary N) is 1. The molecule has 4 rings (SSSR count). The van der Waals surface area contributed by atoms with E-state index in [1.165, 1.54) is 0 Å². The van der Waals surface area contributed by atoms with Crippen molar-refractivity contribution in [3.63, 3.8) is 0 Å². The van der Waals surface area contributed by atoms with Gasteiger partial charge >= 0.3 is 5.97 Å². The van der Waals surface area contributed by atoms with Crippen LogP contribution in [0.5, 0.6) is 0 Å². The van der Waals surface area contributed by atoms with Crippen LogP contribution in [0.1, 0.15) is 72.5 Å². The lowest BCUT2D eigenvalue weighted by atomic mass is 9.98. The number of rotatable bonds is 13. The highest BCUT2D eigenvalue weighted by molar-refractivity contribution is 5.80. The Balaban J connectivity index is 1.45. The Kier molecular flexibility index (Phi) is 11.2. The van der Waals surface area contributed by atoms with Gasteiger partial charge in [0.2, 0.25) is 5.91 Å². The first kappa shape index (κ1) is 31.3. The number of aliphatic hydroxyl groups is 2. The standard InChI is InChI=1S/C33H40N2O7/c1-22(32(40)26-6-4-3-5-7-26)35(2)20-28-18-29(25-12-10-24(21-36)11-13-25)42-33(41-28)27-14-8-23(9-15-27)19-34-30(37)16-17-31(38)39/h3-15,22,28-29,32-33,36,40H,16-21H2,1-2H3,(H,34,37)(H,38,39)/t22-,28-,29+,32-,33+/m1/s1. The normalized spacial score (nSPS) is 20.2. The molecule has 1 fully saturated rings. The van der Waals surface area contributed by atoms with Gasteiger partial charge in [-0.2, -0.15) is 0 Å². The Bertz CT molecular complexity index is 1280. The number of hydrogen-bond donors (Lipinski definition) is 4. The van der Waals surface area contributed by atoms with Gasteiger partial charge in [0.15, 0.2) is 6.29 Å². The van der Waals surface area contributed by atoms with Crippen LogP contribution in [0.3, 0.4) is 0 Å². The first-order valence-electron chi connectivity index (χ1n) is 14.2. The quantitative estimate of drug-likeness (QED) is 0.238. The number of carbonyl (C=O) groups is 2. The van der Waals surface area contributed by atoms with Crippen LogP contribution in [0.2, 0.25) is 0 Å². The molecule has 1 heterocycles. The zero-order chi connectivity index (χ0) is 30.1. The Morgan fingerprint density at radius 2 is 1.57 bits per heavy atom. The molecule has 42 heavy (non-hydrogen) atoms. The second-order valence-electron chi connectivity index (χ2n) is 10.8. The highest BCUT2D eigenvalue weighted by Gasteiger charge is 2.34. The Morgan fingerprint density at radius 1 is 0.929 bits per heavy atom. The Morgan fingerprint density at radius 3 is 2.21 bits per heavy atom. The van der Waals surface area contributed by atoms with Crippen LogP contribution >= 0.6 is 0 Å². The molecule has 0 saturated carbocycles. The number of aliphatic hydroxyl groups excluding tert-OH is 2. The lowest BCUT2D eigenvalue weighted by Gasteiger charge is -2.39. The molecule has 224 valence electrons. The molecule has 3 aromatic carbocycles. The Hall–Kier alpha value is -3.60. The molecule has 0 unspecified atom stereocenters. The molecule has 0 aromatic heterocycles. The predicted octanol–water partition coefficient (Wildman–Crippen LogP) is 4.26. The van der Waals surface area contributed by atoms with E-state index in [1.807, 2.05) is 92.8 Å². The van der Waals surface area contributed by atoms with Crippen molar-refractivity contribution in [1.29, 1.82) is 0 Å². The van der Waals surface area contributed by atoms with Crippen LogP contribution < -0.4 is 5.32 Å². The van der Waals surface area contributed by atoms with E-state index in [4.69, 9.17) is 14.6 Å². The van der Waals surface area contributed by atoms with Gasteiger partial charge in [0.1, 0.15) is 0 Å². The van der Waals surface area contributed by atoms with Gasteiger partial charge in [0.05, 0.1) is 31.3 Å². The molecule has 3 aromatic rings. The number of carboxylic acids is 1. The molecule has 9 nitrogen and oxygen atoms in total. The molecule has 1 amide bonds. The van der Waals surface area contributed by atoms with E-state index in [0.29, 0.717) is 19.5 Å². The molecule has 5 atom stereocenters. The summed E-state index contributed by atoms with van der Waals surface area (Å²) in [7, 11) is 1.98. The topological polar surface area (TPSA) is 129 Å². The maximum Gasteiger partial charge on any atom is 0.303 e. The molecule has 0 radical (unpaired) electrons. The fourth-order valence-electron chi connectivity index (χ4n) is 4.99. The van der Waals surface area contributed by atoms with Crippen molar-refractivity contribution in [1.82, 2.24) is 10.2 Å². The average molecular weight is 577 g/mol. The minimum atomic E-state index is -1.00. The molecule has 1 saturated heterocycles. The lowest BCUT2D eigenvalue weighted by Crippen LogP contribution is -2.43. The number of carbonyl (C=O) groups excluding carboxylic acids is 1. The minimum absolute atomic E-state index is 0.0288. The number of carboxylic acid groups (broad SMARTS) is 1. The van der Waals surface area contributed by atoms with E-state index >= 15 is 0 Å². The van der Waals surface area contributed by atoms with Crippen molar-refractivity contribution >= 4 is 11.9 Å². The highest BCUT2D eigenvalue weighted by atomic mass is 16.7. The third kappa shape index (κ3) is 8.70. The van der Waals surface area contributed by atoms with Gasteiger partial charge in [0, 0.05) is 37.5 Å². The van der Waals surface area contributed by atoms with E-state index in [0.717, 1.165) is 27.8 Å². The van der Waals surface area contributed by atoms with Crippen LogP contribution in [0.25, 0.3) is 0 Å². The summed E-state index contributed by atoms with van der Waals surface area (Å²) in [6.45, 7) is 2.84. The number of ether oxygens (including phenoxy) is 2. The first-order valence-corrected chi connectivity index (χ1v) is 14.2. The average Bonchev–Trinajstić information content (AvgIpc) is 3.02. The van der Waals surface area contributed by atoms with Gasteiger partial charge < -0.3 is 30.1 Å². The number of aliphatic carboxylic acids is 1. The SMILES string of the molecule is C[C@H]([C@@H](O)c1ccccc1)N(C)C[C@H]1C[C@@H](c2ccc(CO)cc2)O[C@@H](c2ccc(CNC(=O)CCC(=O)O)cc2)O1. The number of hydrogen-bond acceptors (Lipinski definition) is 7. The number of nitrogens with zero attached hydrogens (tertiary/aromatic N) is 1. The molecule has 9 heteroatoms. The van der Waals surface area contributed by atoms with Gasteiger partial charge in [-0.1, -0.05) is 78.9 Å². The second-order valence-corrected chi connectivity index (χ2v) is 10.8. The second kappa shape index (κ2) is 15.0. The molecule has 4 N–H and O–H groups in total. The summed E-state index contributed by atoms with van der Waals surface area (Å²) < 4.78 is 12.9. The van der Waals surface area contributed by atoms with E-state index < -0.39 is 18.4 Å². The third-order valence-electron chi connectivity index (χ3n) is 7.71. The summed E-state index contributed by atoms with van der Waals surface area (Å²) >= 11 is 0. The smallest absolute Gasteiger partial charge is 0.303 e. The maximum atomic E-state index is 11.9. The molecule has 0 aliphatic carbocycles. The summed E-state index contributed by atoms with van der Waals surface area (Å²) in [5, 5.41) is 31.9. The van der Waals surface area contributed by atoms with Crippen molar-refractivity contribution in [3.8, 4) is 0 Å². The summed E-state index contributed by atoms with van der Waals surface area (Å²) in [6.07, 6.45) is -1.35. The lowest BCUT2D eigenvalue weighted by molar-refractivity contribution is -0.253. The highest BCUT2D eigenvalue weighted by Crippen LogP contribution is 2.38. The molecule has 0 spiro atoms. The molecular weight excluding hydrogens is 536 g/mol. The maximum absolute atomic E-state index is 11.9. The molecule has 1 aliphatic heterocycles.